The van der Waals surface area contributed by atoms with Gasteiger partial charge in [-0.05, 0) is 54.5 Å². The van der Waals surface area contributed by atoms with Crippen molar-refractivity contribution in [2.45, 2.75) is 43.5 Å². The van der Waals surface area contributed by atoms with Crippen molar-refractivity contribution < 1.29 is 14.6 Å². The number of hydrogen-bond acceptors (Lipinski definition) is 3. The minimum Gasteiger partial charge on any atom is -0.497 e. The van der Waals surface area contributed by atoms with Gasteiger partial charge in [0.15, 0.2) is 0 Å². The van der Waals surface area contributed by atoms with Crippen molar-refractivity contribution in [1.82, 2.24) is 0 Å². The average molecular weight is 469 g/mol. The number of rotatable bonds is 14. The lowest BCUT2D eigenvalue weighted by molar-refractivity contribution is -0.0271. The Balaban J connectivity index is 1.95. The molecule has 2 atom stereocenters. The maximum absolute atomic E-state index is 9.63. The minimum absolute atomic E-state index is 0.180. The highest BCUT2D eigenvalue weighted by Gasteiger charge is 2.39. The van der Waals surface area contributed by atoms with Crippen LogP contribution >= 0.6 is 0 Å². The Morgan fingerprint density at radius 2 is 1.26 bits per heavy atom. The Bertz CT molecular complexity index is 1020. The molecule has 0 heterocycles. The molecule has 0 aromatic heterocycles. The highest BCUT2D eigenvalue weighted by molar-refractivity contribution is 5.48. The summed E-state index contributed by atoms with van der Waals surface area (Å²) in [6.07, 6.45) is 10.2. The minimum atomic E-state index is -0.814. The van der Waals surface area contributed by atoms with Gasteiger partial charge in [-0.2, -0.15) is 0 Å². The van der Waals surface area contributed by atoms with Crippen LogP contribution in [0.25, 0.3) is 0 Å². The summed E-state index contributed by atoms with van der Waals surface area (Å²) in [7, 11) is 1.67. The molecule has 0 amide bonds. The third-order valence-electron chi connectivity index (χ3n) is 6.13. The molecule has 3 rings (SSSR count). The van der Waals surface area contributed by atoms with E-state index in [1.165, 1.54) is 0 Å². The second kappa shape index (κ2) is 13.5. The van der Waals surface area contributed by atoms with E-state index in [0.29, 0.717) is 6.42 Å². The highest BCUT2D eigenvalue weighted by atomic mass is 16.5. The van der Waals surface area contributed by atoms with Crippen molar-refractivity contribution >= 4 is 0 Å². The maximum atomic E-state index is 9.63. The van der Waals surface area contributed by atoms with Gasteiger partial charge in [0.25, 0.3) is 0 Å². The summed E-state index contributed by atoms with van der Waals surface area (Å²) in [4.78, 5) is 0. The van der Waals surface area contributed by atoms with Crippen LogP contribution in [-0.2, 0) is 10.3 Å². The molecule has 182 valence electrons. The number of hydrogen-bond donors (Lipinski definition) is 1. The summed E-state index contributed by atoms with van der Waals surface area (Å²) in [5, 5.41) is 9.63. The summed E-state index contributed by atoms with van der Waals surface area (Å²) in [5.74, 6) is 0.802. The normalized spacial score (nSPS) is 13.3. The number of methoxy groups -OCH3 is 1. The van der Waals surface area contributed by atoms with Crippen LogP contribution in [0.4, 0.5) is 0 Å². The van der Waals surface area contributed by atoms with Gasteiger partial charge in [0.05, 0.1) is 19.3 Å². The summed E-state index contributed by atoms with van der Waals surface area (Å²) in [6, 6.07) is 28.8. The third kappa shape index (κ3) is 6.82. The van der Waals surface area contributed by atoms with Crippen LogP contribution in [-0.4, -0.2) is 24.4 Å². The molecule has 3 heteroatoms. The number of aliphatic hydroxyl groups is 1. The van der Waals surface area contributed by atoms with Gasteiger partial charge in [-0.25, -0.2) is 0 Å². The van der Waals surface area contributed by atoms with Gasteiger partial charge in [0.2, 0.25) is 0 Å². The molecule has 0 saturated carbocycles. The Kier molecular flexibility index (Phi) is 10.1. The first-order valence-corrected chi connectivity index (χ1v) is 12.2. The number of aliphatic hydroxyl groups excluding tert-OH is 1. The van der Waals surface area contributed by atoms with Gasteiger partial charge in [-0.15, -0.1) is 13.2 Å². The van der Waals surface area contributed by atoms with Crippen molar-refractivity contribution in [3.63, 3.8) is 0 Å². The molecule has 0 aliphatic heterocycles. The molecule has 0 spiro atoms. The molecule has 2 unspecified atom stereocenters. The Hall–Kier alpha value is -3.40. The molecule has 0 aliphatic carbocycles. The zero-order valence-electron chi connectivity index (χ0n) is 20.6. The molecule has 0 saturated heterocycles. The van der Waals surface area contributed by atoms with E-state index in [4.69, 9.17) is 9.47 Å². The molecule has 3 aromatic rings. The fraction of sp³-hybridized carbons (Fsp3) is 0.250. The lowest BCUT2D eigenvalue weighted by atomic mass is 9.79. The van der Waals surface area contributed by atoms with Crippen molar-refractivity contribution in [3.8, 4) is 5.75 Å². The third-order valence-corrected chi connectivity index (χ3v) is 6.13. The zero-order chi connectivity index (χ0) is 24.9. The zero-order valence-corrected chi connectivity index (χ0v) is 20.6. The highest BCUT2D eigenvalue weighted by Crippen LogP contribution is 2.42. The summed E-state index contributed by atoms with van der Waals surface area (Å²) >= 11 is 0. The molecule has 3 nitrogen and oxygen atoms in total. The van der Waals surface area contributed by atoms with E-state index in [9.17, 15) is 5.11 Å². The van der Waals surface area contributed by atoms with Gasteiger partial charge in [-0.1, -0.05) is 97.1 Å². The van der Waals surface area contributed by atoms with Crippen LogP contribution in [0.15, 0.2) is 122 Å². The first-order valence-electron chi connectivity index (χ1n) is 12.2. The SMILES string of the molecule is C=CC(O)CC/C=C\CCC(C=C)OC(c1ccccc1)(c1ccccc1)c1ccc(OC)cc1. The number of benzene rings is 3. The summed E-state index contributed by atoms with van der Waals surface area (Å²) < 4.78 is 12.5. The lowest BCUT2D eigenvalue weighted by Gasteiger charge is -2.38. The van der Waals surface area contributed by atoms with E-state index in [1.54, 1.807) is 13.2 Å². The smallest absolute Gasteiger partial charge is 0.144 e. The summed E-state index contributed by atoms with van der Waals surface area (Å²) in [6.45, 7) is 7.71. The van der Waals surface area contributed by atoms with Gasteiger partial charge in [0, 0.05) is 0 Å². The average Bonchev–Trinajstić information content (AvgIpc) is 2.93. The standard InChI is InChI=1S/C32H36O3/c1-4-29(33)20-14-6-7-15-21-30(5-2)35-32(26-16-10-8-11-17-26,27-18-12-9-13-19-27)28-22-24-31(34-3)25-23-28/h4-13,16-19,22-25,29-30,33H,1-2,14-15,20-21H2,3H3/b7-6-. The predicted molar refractivity (Wildman–Crippen MR) is 145 cm³/mol. The van der Waals surface area contributed by atoms with Gasteiger partial charge >= 0.3 is 0 Å². The van der Waals surface area contributed by atoms with Crippen LogP contribution in [0.3, 0.4) is 0 Å². The van der Waals surface area contributed by atoms with Crippen molar-refractivity contribution in [1.29, 1.82) is 0 Å². The van der Waals surface area contributed by atoms with Gasteiger partial charge in [-0.3, -0.25) is 0 Å². The topological polar surface area (TPSA) is 38.7 Å². The van der Waals surface area contributed by atoms with E-state index in [2.05, 4.69) is 61.7 Å². The predicted octanol–water partition coefficient (Wildman–Crippen LogP) is 7.22. The molecule has 0 radical (unpaired) electrons. The van der Waals surface area contributed by atoms with Gasteiger partial charge in [0.1, 0.15) is 11.4 Å². The van der Waals surface area contributed by atoms with E-state index >= 15 is 0 Å². The van der Waals surface area contributed by atoms with Crippen LogP contribution in [0.2, 0.25) is 0 Å². The molecular formula is C32H36O3. The Morgan fingerprint density at radius 1 is 0.743 bits per heavy atom. The van der Waals surface area contributed by atoms with E-state index < -0.39 is 11.7 Å². The Morgan fingerprint density at radius 3 is 1.74 bits per heavy atom. The number of ether oxygens (including phenoxy) is 2. The van der Waals surface area contributed by atoms with E-state index in [-0.39, 0.29) is 6.10 Å². The Labute approximate surface area is 210 Å². The van der Waals surface area contributed by atoms with Crippen LogP contribution in [0.5, 0.6) is 5.75 Å². The monoisotopic (exact) mass is 468 g/mol. The quantitative estimate of drug-likeness (QED) is 0.200. The van der Waals surface area contributed by atoms with Crippen LogP contribution < -0.4 is 4.74 Å². The van der Waals surface area contributed by atoms with Crippen molar-refractivity contribution in [2.75, 3.05) is 7.11 Å². The molecule has 0 fully saturated rings. The molecule has 1 N–H and O–H groups in total. The molecular weight excluding hydrogens is 432 g/mol. The number of allylic oxidation sites excluding steroid dienone is 2. The van der Waals surface area contributed by atoms with Crippen LogP contribution in [0.1, 0.15) is 42.4 Å². The first-order chi connectivity index (χ1) is 17.1. The maximum Gasteiger partial charge on any atom is 0.144 e. The second-order valence-electron chi connectivity index (χ2n) is 8.46. The largest absolute Gasteiger partial charge is 0.497 e. The van der Waals surface area contributed by atoms with E-state index in [0.717, 1.165) is 41.7 Å². The van der Waals surface area contributed by atoms with Gasteiger partial charge < -0.3 is 14.6 Å². The van der Waals surface area contributed by atoms with Crippen LogP contribution in [0, 0.1) is 0 Å². The van der Waals surface area contributed by atoms with Crippen molar-refractivity contribution in [2.24, 2.45) is 0 Å². The van der Waals surface area contributed by atoms with Crippen molar-refractivity contribution in [3.05, 3.63) is 139 Å². The molecule has 35 heavy (non-hydrogen) atoms. The fourth-order valence-electron chi connectivity index (χ4n) is 4.21. The molecule has 0 aliphatic rings. The van der Waals surface area contributed by atoms with E-state index in [1.807, 2.05) is 54.6 Å². The molecule has 0 bridgehead atoms. The molecule has 3 aromatic carbocycles. The summed E-state index contributed by atoms with van der Waals surface area (Å²) in [5.41, 5.74) is 2.32. The fourth-order valence-corrected chi connectivity index (χ4v) is 4.21. The second-order valence-corrected chi connectivity index (χ2v) is 8.46. The lowest BCUT2D eigenvalue weighted by Crippen LogP contribution is -2.36. The first kappa shape index (κ1) is 26.2.